The fourth-order valence-electron chi connectivity index (χ4n) is 4.45. The topological polar surface area (TPSA) is 67.3 Å². The summed E-state index contributed by atoms with van der Waals surface area (Å²) in [6.07, 6.45) is 4.35. The molecule has 6 rings (SSSR count). The maximum atomic E-state index is 5.74. The molecule has 3 aromatic heterocycles. The molecule has 34 heavy (non-hydrogen) atoms. The molecule has 1 fully saturated rings. The van der Waals surface area contributed by atoms with E-state index in [9.17, 15) is 0 Å². The zero-order chi connectivity index (χ0) is 22.9. The second-order valence-electron chi connectivity index (χ2n) is 8.35. The van der Waals surface area contributed by atoms with Crippen molar-refractivity contribution in [3.8, 4) is 22.9 Å². The van der Waals surface area contributed by atoms with Crippen molar-refractivity contribution in [3.05, 3.63) is 90.9 Å². The van der Waals surface area contributed by atoms with Crippen LogP contribution in [0.2, 0.25) is 0 Å². The molecule has 0 spiro atoms. The first kappa shape index (κ1) is 20.6. The molecule has 0 bridgehead atoms. The number of likely N-dealkylation sites (tertiary alicyclic amines) is 1. The Hall–Kier alpha value is -3.97. The molecule has 0 saturated carbocycles. The minimum atomic E-state index is 0.499. The van der Waals surface area contributed by atoms with Crippen LogP contribution in [0.15, 0.2) is 94.2 Å². The number of benzene rings is 2. The van der Waals surface area contributed by atoms with E-state index in [1.165, 1.54) is 5.56 Å². The van der Waals surface area contributed by atoms with Gasteiger partial charge in [0.1, 0.15) is 11.4 Å². The number of nitrogens with one attached hydrogen (secondary N) is 1. The van der Waals surface area contributed by atoms with Gasteiger partial charge in [-0.3, -0.25) is 0 Å². The van der Waals surface area contributed by atoms with Crippen molar-refractivity contribution >= 4 is 34.1 Å². The van der Waals surface area contributed by atoms with Gasteiger partial charge in [-0.25, -0.2) is 9.97 Å². The molecular formula is C27H22N4O2S. The monoisotopic (exact) mass is 466 g/mol. The lowest BCUT2D eigenvalue weighted by Crippen LogP contribution is -2.32. The summed E-state index contributed by atoms with van der Waals surface area (Å²) in [5.74, 6) is 1.78. The van der Waals surface area contributed by atoms with Crippen molar-refractivity contribution in [2.24, 2.45) is 0 Å². The van der Waals surface area contributed by atoms with Crippen LogP contribution in [0.5, 0.6) is 0 Å². The number of thiocarbonyl (C=S) groups is 1. The van der Waals surface area contributed by atoms with E-state index in [0.29, 0.717) is 28.8 Å². The van der Waals surface area contributed by atoms with Gasteiger partial charge < -0.3 is 19.1 Å². The Labute approximate surface area is 202 Å². The van der Waals surface area contributed by atoms with Gasteiger partial charge in [-0.2, -0.15) is 0 Å². The highest BCUT2D eigenvalue weighted by Crippen LogP contribution is 2.32. The van der Waals surface area contributed by atoms with Crippen molar-refractivity contribution in [1.82, 2.24) is 14.9 Å². The highest BCUT2D eigenvalue weighted by molar-refractivity contribution is 7.80. The third kappa shape index (κ3) is 3.95. The molecule has 6 nitrogen and oxygen atoms in total. The summed E-state index contributed by atoms with van der Waals surface area (Å²) in [6.45, 7) is 1.85. The van der Waals surface area contributed by atoms with Crippen molar-refractivity contribution in [2.75, 3.05) is 18.4 Å². The molecule has 1 aliphatic heterocycles. The molecule has 168 valence electrons. The number of anilines is 1. The van der Waals surface area contributed by atoms with Gasteiger partial charge in [0.05, 0.1) is 23.6 Å². The van der Waals surface area contributed by atoms with Crippen LogP contribution in [0.4, 0.5) is 5.69 Å². The quantitative estimate of drug-likeness (QED) is 0.310. The van der Waals surface area contributed by atoms with E-state index in [4.69, 9.17) is 31.0 Å². The van der Waals surface area contributed by atoms with Gasteiger partial charge in [0.15, 0.2) is 16.6 Å². The smallest absolute Gasteiger partial charge is 0.173 e. The van der Waals surface area contributed by atoms with E-state index in [-0.39, 0.29) is 0 Å². The number of hydrogen-bond donors (Lipinski definition) is 1. The summed E-state index contributed by atoms with van der Waals surface area (Å²) in [4.78, 5) is 11.9. The van der Waals surface area contributed by atoms with E-state index >= 15 is 0 Å². The molecule has 0 amide bonds. The van der Waals surface area contributed by atoms with Crippen LogP contribution in [0.1, 0.15) is 17.9 Å². The van der Waals surface area contributed by atoms with Crippen LogP contribution in [0.3, 0.4) is 0 Å². The third-order valence-corrected chi connectivity index (χ3v) is 6.53. The molecule has 4 heterocycles. The average Bonchev–Trinajstić information content (AvgIpc) is 3.66. The zero-order valence-electron chi connectivity index (χ0n) is 18.3. The number of rotatable bonds is 4. The molecule has 1 atom stereocenters. The Morgan fingerprint density at radius 2 is 1.56 bits per heavy atom. The van der Waals surface area contributed by atoms with Crippen LogP contribution in [0.25, 0.3) is 33.9 Å². The van der Waals surface area contributed by atoms with Gasteiger partial charge >= 0.3 is 0 Å². The highest BCUT2D eigenvalue weighted by atomic mass is 32.1. The fourth-order valence-corrected chi connectivity index (χ4v) is 4.73. The molecule has 0 aliphatic carbocycles. The van der Waals surface area contributed by atoms with Crippen molar-refractivity contribution in [2.45, 2.75) is 12.3 Å². The lowest BCUT2D eigenvalue weighted by molar-refractivity contribution is 0.518. The Balaban J connectivity index is 1.26. The van der Waals surface area contributed by atoms with Crippen LogP contribution < -0.4 is 5.32 Å². The van der Waals surface area contributed by atoms with Gasteiger partial charge in [0.25, 0.3) is 0 Å². The van der Waals surface area contributed by atoms with E-state index < -0.39 is 0 Å². The molecule has 1 N–H and O–H groups in total. The number of furan rings is 2. The Bertz CT molecular complexity index is 1430. The predicted molar refractivity (Wildman–Crippen MR) is 137 cm³/mol. The van der Waals surface area contributed by atoms with Gasteiger partial charge in [-0.1, -0.05) is 30.3 Å². The van der Waals surface area contributed by atoms with Crippen LogP contribution in [-0.2, 0) is 0 Å². The molecule has 0 unspecified atom stereocenters. The number of hydrogen-bond acceptors (Lipinski definition) is 5. The first-order valence-corrected chi connectivity index (χ1v) is 11.7. The molecule has 0 radical (unpaired) electrons. The first-order chi connectivity index (χ1) is 16.7. The standard InChI is InChI=1S/C27H22N4O2S/c34-27(31-13-12-19(17-31)18-6-2-1-3-7-18)28-20-10-11-21-22(16-20)30-26(24-9-5-15-33-24)25(29-21)23-8-4-14-32-23/h1-11,14-16,19H,12-13,17H2,(H,28,34)/t19-/m1/s1. The number of fused-ring (bicyclic) bond motifs is 1. The first-order valence-electron chi connectivity index (χ1n) is 11.2. The summed E-state index contributed by atoms with van der Waals surface area (Å²) in [5, 5.41) is 4.12. The second-order valence-corrected chi connectivity index (χ2v) is 8.74. The zero-order valence-corrected chi connectivity index (χ0v) is 19.2. The molecular weight excluding hydrogens is 444 g/mol. The summed E-state index contributed by atoms with van der Waals surface area (Å²) >= 11 is 5.74. The molecule has 1 aliphatic rings. The SMILES string of the molecule is S=C(Nc1ccc2nc(-c3ccco3)c(-c3ccco3)nc2c1)N1CC[C@@H](c2ccccc2)C1. The van der Waals surface area contributed by atoms with Crippen molar-refractivity contribution in [3.63, 3.8) is 0 Å². The lowest BCUT2D eigenvalue weighted by atomic mass is 9.99. The average molecular weight is 467 g/mol. The van der Waals surface area contributed by atoms with Crippen LogP contribution in [-0.4, -0.2) is 33.1 Å². The van der Waals surface area contributed by atoms with Gasteiger partial charge in [0, 0.05) is 24.7 Å². The minimum Gasteiger partial charge on any atom is -0.463 e. The van der Waals surface area contributed by atoms with E-state index in [1.807, 2.05) is 42.5 Å². The van der Waals surface area contributed by atoms with E-state index in [1.54, 1.807) is 12.5 Å². The summed E-state index contributed by atoms with van der Waals surface area (Å²) < 4.78 is 11.2. The lowest BCUT2D eigenvalue weighted by Gasteiger charge is -2.21. The Morgan fingerprint density at radius 3 is 2.24 bits per heavy atom. The molecule has 1 saturated heterocycles. The van der Waals surface area contributed by atoms with E-state index in [2.05, 4.69) is 40.5 Å². The maximum Gasteiger partial charge on any atom is 0.173 e. The summed E-state index contributed by atoms with van der Waals surface area (Å²) in [7, 11) is 0. The third-order valence-electron chi connectivity index (χ3n) is 6.17. The van der Waals surface area contributed by atoms with Crippen molar-refractivity contribution < 1.29 is 8.83 Å². The molecule has 7 heteroatoms. The molecule has 5 aromatic rings. The Kier molecular flexibility index (Phi) is 5.31. The van der Waals surface area contributed by atoms with Crippen LogP contribution >= 0.6 is 12.2 Å². The largest absolute Gasteiger partial charge is 0.463 e. The Morgan fingerprint density at radius 1 is 0.853 bits per heavy atom. The van der Waals surface area contributed by atoms with Gasteiger partial charge in [-0.15, -0.1) is 0 Å². The normalized spacial score (nSPS) is 15.6. The highest BCUT2D eigenvalue weighted by Gasteiger charge is 2.25. The van der Waals surface area contributed by atoms with Crippen LogP contribution in [0, 0.1) is 0 Å². The van der Waals surface area contributed by atoms with Crippen molar-refractivity contribution in [1.29, 1.82) is 0 Å². The van der Waals surface area contributed by atoms with Gasteiger partial charge in [-0.05, 0) is 66.7 Å². The maximum absolute atomic E-state index is 5.74. The number of nitrogens with zero attached hydrogens (tertiary/aromatic N) is 3. The summed E-state index contributed by atoms with van der Waals surface area (Å²) in [6, 6.07) is 23.9. The van der Waals surface area contributed by atoms with E-state index in [0.717, 1.165) is 41.3 Å². The number of aromatic nitrogens is 2. The molecule has 2 aromatic carbocycles. The second kappa shape index (κ2) is 8.76. The minimum absolute atomic E-state index is 0.499. The predicted octanol–water partition coefficient (Wildman–Crippen LogP) is 6.34. The van der Waals surface area contributed by atoms with Gasteiger partial charge in [0.2, 0.25) is 0 Å². The summed E-state index contributed by atoms with van der Waals surface area (Å²) in [5.41, 5.74) is 5.05. The fraction of sp³-hybridized carbons (Fsp3) is 0.148.